The lowest BCUT2D eigenvalue weighted by molar-refractivity contribution is 0.275. The lowest BCUT2D eigenvalue weighted by atomic mass is 10.0. The minimum atomic E-state index is 0.225. The number of para-hydroxylation sites is 1. The van der Waals surface area contributed by atoms with Gasteiger partial charge < -0.3 is 10.4 Å². The molecule has 3 heteroatoms. The van der Waals surface area contributed by atoms with Crippen LogP contribution in [0.2, 0.25) is 0 Å². The van der Waals surface area contributed by atoms with E-state index in [-0.39, 0.29) is 12.6 Å². The van der Waals surface area contributed by atoms with Crippen molar-refractivity contribution in [3.63, 3.8) is 0 Å². The Kier molecular flexibility index (Phi) is 5.57. The molecular formula is C21H24N2O. The van der Waals surface area contributed by atoms with Gasteiger partial charge in [0.25, 0.3) is 0 Å². The Morgan fingerprint density at radius 1 is 1.04 bits per heavy atom. The molecule has 0 amide bonds. The Bertz CT molecular complexity index is 786. The largest absolute Gasteiger partial charge is 0.396 e. The van der Waals surface area contributed by atoms with Gasteiger partial charge in [0.1, 0.15) is 0 Å². The molecule has 1 heterocycles. The molecule has 0 radical (unpaired) electrons. The van der Waals surface area contributed by atoms with Gasteiger partial charge in [0.05, 0.1) is 5.52 Å². The normalized spacial score (nSPS) is 12.4. The Morgan fingerprint density at radius 2 is 1.79 bits per heavy atom. The number of fused-ring (bicyclic) bond motifs is 1. The van der Waals surface area contributed by atoms with Crippen molar-refractivity contribution in [3.8, 4) is 0 Å². The van der Waals surface area contributed by atoms with Crippen molar-refractivity contribution in [2.45, 2.75) is 32.4 Å². The number of benzene rings is 2. The summed E-state index contributed by atoms with van der Waals surface area (Å²) in [5, 5.41) is 14.1. The van der Waals surface area contributed by atoms with Gasteiger partial charge in [-0.15, -0.1) is 0 Å². The van der Waals surface area contributed by atoms with Crippen molar-refractivity contribution < 1.29 is 5.11 Å². The highest BCUT2D eigenvalue weighted by Crippen LogP contribution is 2.22. The van der Waals surface area contributed by atoms with E-state index in [4.69, 9.17) is 0 Å². The molecule has 24 heavy (non-hydrogen) atoms. The molecule has 1 atom stereocenters. The molecule has 124 valence electrons. The first-order valence-electron chi connectivity index (χ1n) is 8.52. The van der Waals surface area contributed by atoms with E-state index in [2.05, 4.69) is 58.8 Å². The molecule has 0 fully saturated rings. The fourth-order valence-corrected chi connectivity index (χ4v) is 3.14. The van der Waals surface area contributed by atoms with E-state index in [0.29, 0.717) is 0 Å². The van der Waals surface area contributed by atoms with Crippen LogP contribution in [0.4, 0.5) is 0 Å². The van der Waals surface area contributed by atoms with Gasteiger partial charge in [-0.05, 0) is 43.0 Å². The molecule has 3 aromatic rings. The molecule has 0 spiro atoms. The Balaban J connectivity index is 1.82. The van der Waals surface area contributed by atoms with Crippen LogP contribution < -0.4 is 5.32 Å². The van der Waals surface area contributed by atoms with E-state index in [9.17, 15) is 5.11 Å². The van der Waals surface area contributed by atoms with Crippen LogP contribution in [0.25, 0.3) is 10.9 Å². The summed E-state index contributed by atoms with van der Waals surface area (Å²) in [6.45, 7) is 3.05. The van der Waals surface area contributed by atoms with Gasteiger partial charge in [-0.1, -0.05) is 48.5 Å². The third kappa shape index (κ3) is 3.99. The van der Waals surface area contributed by atoms with Crippen molar-refractivity contribution in [2.75, 3.05) is 6.61 Å². The van der Waals surface area contributed by atoms with Gasteiger partial charge in [0, 0.05) is 30.3 Å². The van der Waals surface area contributed by atoms with E-state index >= 15 is 0 Å². The number of hydrogen-bond acceptors (Lipinski definition) is 3. The molecule has 2 N–H and O–H groups in total. The zero-order valence-corrected chi connectivity index (χ0v) is 14.1. The molecule has 3 rings (SSSR count). The molecule has 0 aliphatic rings. The second-order valence-electron chi connectivity index (χ2n) is 6.15. The number of pyridine rings is 1. The standard InChI is InChI=1S/C21H24N2O/c1-16-14-18(19-10-5-6-11-21(19)23-16)15-22-20(12-7-13-24)17-8-3-2-4-9-17/h2-6,8-11,14,20,22,24H,7,12-13,15H2,1H3. The zero-order valence-electron chi connectivity index (χ0n) is 14.1. The minimum Gasteiger partial charge on any atom is -0.396 e. The lowest BCUT2D eigenvalue weighted by Crippen LogP contribution is -2.21. The smallest absolute Gasteiger partial charge is 0.0708 e. The fourth-order valence-electron chi connectivity index (χ4n) is 3.14. The summed E-state index contributed by atoms with van der Waals surface area (Å²) in [5.74, 6) is 0. The van der Waals surface area contributed by atoms with Gasteiger partial charge in [-0.25, -0.2) is 0 Å². The molecule has 2 aromatic carbocycles. The number of aromatic nitrogens is 1. The Hall–Kier alpha value is -2.23. The van der Waals surface area contributed by atoms with Crippen LogP contribution in [0.5, 0.6) is 0 Å². The molecule has 0 saturated heterocycles. The zero-order chi connectivity index (χ0) is 16.8. The third-order valence-corrected chi connectivity index (χ3v) is 4.32. The van der Waals surface area contributed by atoms with Crippen LogP contribution in [0.15, 0.2) is 60.7 Å². The molecule has 1 aromatic heterocycles. The molecule has 3 nitrogen and oxygen atoms in total. The lowest BCUT2D eigenvalue weighted by Gasteiger charge is -2.20. The van der Waals surface area contributed by atoms with E-state index in [0.717, 1.165) is 30.6 Å². The number of aliphatic hydroxyl groups excluding tert-OH is 1. The summed E-state index contributed by atoms with van der Waals surface area (Å²) < 4.78 is 0. The predicted octanol–water partition coefficient (Wildman–Crippen LogP) is 4.15. The van der Waals surface area contributed by atoms with Crippen LogP contribution in [0, 0.1) is 6.92 Å². The topological polar surface area (TPSA) is 45.1 Å². The third-order valence-electron chi connectivity index (χ3n) is 4.32. The predicted molar refractivity (Wildman–Crippen MR) is 98.8 cm³/mol. The van der Waals surface area contributed by atoms with Crippen LogP contribution in [0.1, 0.15) is 35.7 Å². The SMILES string of the molecule is Cc1cc(CNC(CCCO)c2ccccc2)c2ccccc2n1. The number of nitrogens with one attached hydrogen (secondary N) is 1. The first-order chi connectivity index (χ1) is 11.8. The number of aliphatic hydroxyl groups is 1. The first-order valence-corrected chi connectivity index (χ1v) is 8.52. The highest BCUT2D eigenvalue weighted by molar-refractivity contribution is 5.82. The summed E-state index contributed by atoms with van der Waals surface area (Å²) in [6.07, 6.45) is 1.71. The van der Waals surface area contributed by atoms with Gasteiger partial charge >= 0.3 is 0 Å². The number of aryl methyl sites for hydroxylation is 1. The summed E-state index contributed by atoms with van der Waals surface area (Å²) >= 11 is 0. The first kappa shape index (κ1) is 16.6. The monoisotopic (exact) mass is 320 g/mol. The highest BCUT2D eigenvalue weighted by atomic mass is 16.2. The van der Waals surface area contributed by atoms with Crippen molar-refractivity contribution in [2.24, 2.45) is 0 Å². The molecular weight excluding hydrogens is 296 g/mol. The number of rotatable bonds is 7. The number of nitrogens with zero attached hydrogens (tertiary/aromatic N) is 1. The summed E-state index contributed by atoms with van der Waals surface area (Å²) in [4.78, 5) is 4.61. The quantitative estimate of drug-likeness (QED) is 0.687. The molecule has 0 aliphatic heterocycles. The maximum Gasteiger partial charge on any atom is 0.0708 e. The maximum atomic E-state index is 9.19. The van der Waals surface area contributed by atoms with Gasteiger partial charge in [0.15, 0.2) is 0 Å². The van der Waals surface area contributed by atoms with E-state index < -0.39 is 0 Å². The Morgan fingerprint density at radius 3 is 2.58 bits per heavy atom. The van der Waals surface area contributed by atoms with Gasteiger partial charge in [0.2, 0.25) is 0 Å². The maximum absolute atomic E-state index is 9.19. The average molecular weight is 320 g/mol. The molecule has 0 aliphatic carbocycles. The average Bonchev–Trinajstić information content (AvgIpc) is 2.62. The molecule has 0 saturated carbocycles. The molecule has 1 unspecified atom stereocenters. The van der Waals surface area contributed by atoms with Crippen LogP contribution in [-0.4, -0.2) is 16.7 Å². The van der Waals surface area contributed by atoms with Gasteiger partial charge in [-0.2, -0.15) is 0 Å². The second kappa shape index (κ2) is 8.04. The van der Waals surface area contributed by atoms with Crippen molar-refractivity contribution in [1.82, 2.24) is 10.3 Å². The van der Waals surface area contributed by atoms with Crippen LogP contribution >= 0.6 is 0 Å². The van der Waals surface area contributed by atoms with Crippen molar-refractivity contribution in [1.29, 1.82) is 0 Å². The Labute approximate surface area is 143 Å². The van der Waals surface area contributed by atoms with Gasteiger partial charge in [-0.3, -0.25) is 4.98 Å². The van der Waals surface area contributed by atoms with Crippen molar-refractivity contribution in [3.05, 3.63) is 77.5 Å². The van der Waals surface area contributed by atoms with E-state index in [1.165, 1.54) is 16.5 Å². The summed E-state index contributed by atoms with van der Waals surface area (Å²) in [5.41, 5.74) is 4.61. The van der Waals surface area contributed by atoms with E-state index in [1.54, 1.807) is 0 Å². The summed E-state index contributed by atoms with van der Waals surface area (Å²) in [6, 6.07) is 21.1. The molecule has 0 bridgehead atoms. The van der Waals surface area contributed by atoms with E-state index in [1.807, 2.05) is 19.1 Å². The highest BCUT2D eigenvalue weighted by Gasteiger charge is 2.11. The second-order valence-corrected chi connectivity index (χ2v) is 6.15. The van der Waals surface area contributed by atoms with Crippen molar-refractivity contribution >= 4 is 10.9 Å². The van der Waals surface area contributed by atoms with Crippen LogP contribution in [0.3, 0.4) is 0 Å². The number of hydrogen-bond donors (Lipinski definition) is 2. The summed E-state index contributed by atoms with van der Waals surface area (Å²) in [7, 11) is 0. The van der Waals surface area contributed by atoms with Crippen LogP contribution in [-0.2, 0) is 6.54 Å². The minimum absolute atomic E-state index is 0.225. The fraction of sp³-hybridized carbons (Fsp3) is 0.286.